The molecule has 1 aliphatic rings. The van der Waals surface area contributed by atoms with Gasteiger partial charge in [0.25, 0.3) is 0 Å². The molecule has 0 bridgehead atoms. The first kappa shape index (κ1) is 19.2. The summed E-state index contributed by atoms with van der Waals surface area (Å²) in [7, 11) is 0. The second-order valence-electron chi connectivity index (χ2n) is 6.60. The predicted octanol–water partition coefficient (Wildman–Crippen LogP) is 4.55. The minimum atomic E-state index is 0.0839. The van der Waals surface area contributed by atoms with Gasteiger partial charge in [0.15, 0.2) is 11.0 Å². The first-order valence-corrected chi connectivity index (χ1v) is 10.6. The first-order chi connectivity index (χ1) is 12.7. The number of carbonyl (C=O) groups excluding carboxylic acids is 1. The van der Waals surface area contributed by atoms with Crippen LogP contribution in [0.1, 0.15) is 45.4 Å². The van der Waals surface area contributed by atoms with Crippen molar-refractivity contribution in [2.45, 2.75) is 63.2 Å². The summed E-state index contributed by atoms with van der Waals surface area (Å²) in [5.74, 6) is 1.26. The molecule has 0 aliphatic heterocycles. The SMILES string of the molecule is CCn1c(SCC(=O)NC2CCCCCC2)nnc1-c1ccc(Cl)cc1. The molecule has 26 heavy (non-hydrogen) atoms. The summed E-state index contributed by atoms with van der Waals surface area (Å²) in [6.07, 6.45) is 7.20. The third-order valence-corrected chi connectivity index (χ3v) is 5.91. The number of carbonyl (C=O) groups is 1. The van der Waals surface area contributed by atoms with E-state index >= 15 is 0 Å². The Morgan fingerprint density at radius 1 is 1.19 bits per heavy atom. The van der Waals surface area contributed by atoms with Crippen LogP contribution >= 0.6 is 23.4 Å². The quantitative estimate of drug-likeness (QED) is 0.578. The lowest BCUT2D eigenvalue weighted by Gasteiger charge is -2.16. The first-order valence-electron chi connectivity index (χ1n) is 9.28. The molecule has 1 fully saturated rings. The molecular weight excluding hydrogens is 368 g/mol. The van der Waals surface area contributed by atoms with E-state index in [0.29, 0.717) is 16.8 Å². The van der Waals surface area contributed by atoms with Gasteiger partial charge in [0.2, 0.25) is 5.91 Å². The second kappa shape index (κ2) is 9.42. The maximum Gasteiger partial charge on any atom is 0.230 e. The van der Waals surface area contributed by atoms with Gasteiger partial charge in [-0.15, -0.1) is 10.2 Å². The summed E-state index contributed by atoms with van der Waals surface area (Å²) in [5, 5.41) is 13.2. The molecule has 5 nitrogen and oxygen atoms in total. The van der Waals surface area contributed by atoms with Crippen LogP contribution in [0.3, 0.4) is 0 Å². The van der Waals surface area contributed by atoms with E-state index in [9.17, 15) is 4.79 Å². The summed E-state index contributed by atoms with van der Waals surface area (Å²) >= 11 is 7.40. The van der Waals surface area contributed by atoms with Crippen LogP contribution in [-0.4, -0.2) is 32.5 Å². The molecule has 0 radical (unpaired) electrons. The molecule has 1 aromatic carbocycles. The molecule has 140 valence electrons. The van der Waals surface area contributed by atoms with Crippen molar-refractivity contribution in [1.29, 1.82) is 0 Å². The summed E-state index contributed by atoms with van der Waals surface area (Å²) < 4.78 is 2.03. The van der Waals surface area contributed by atoms with Gasteiger partial charge in [-0.25, -0.2) is 0 Å². The van der Waals surface area contributed by atoms with E-state index in [-0.39, 0.29) is 5.91 Å². The third-order valence-electron chi connectivity index (χ3n) is 4.69. The van der Waals surface area contributed by atoms with Crippen LogP contribution in [0.25, 0.3) is 11.4 Å². The van der Waals surface area contributed by atoms with Gasteiger partial charge in [0, 0.05) is 23.2 Å². The molecule has 2 aromatic rings. The maximum absolute atomic E-state index is 12.3. The number of nitrogens with one attached hydrogen (secondary N) is 1. The largest absolute Gasteiger partial charge is 0.353 e. The number of amides is 1. The minimum Gasteiger partial charge on any atom is -0.353 e. The fraction of sp³-hybridized carbons (Fsp3) is 0.526. The predicted molar refractivity (Wildman–Crippen MR) is 106 cm³/mol. The Kier molecular flexibility index (Phi) is 6.97. The normalized spacial score (nSPS) is 15.6. The Morgan fingerprint density at radius 2 is 1.88 bits per heavy atom. The second-order valence-corrected chi connectivity index (χ2v) is 7.98. The molecule has 0 atom stereocenters. The Bertz CT molecular complexity index is 724. The number of rotatable bonds is 6. The van der Waals surface area contributed by atoms with Crippen molar-refractivity contribution in [2.24, 2.45) is 0 Å². The molecule has 1 N–H and O–H groups in total. The number of aromatic nitrogens is 3. The van der Waals surface area contributed by atoms with Crippen LogP contribution in [0.15, 0.2) is 29.4 Å². The van der Waals surface area contributed by atoms with E-state index < -0.39 is 0 Å². The molecule has 0 spiro atoms. The van der Waals surface area contributed by atoms with Gasteiger partial charge >= 0.3 is 0 Å². The van der Waals surface area contributed by atoms with Gasteiger partial charge < -0.3 is 9.88 Å². The average molecular weight is 393 g/mol. The molecule has 1 aromatic heterocycles. The summed E-state index contributed by atoms with van der Waals surface area (Å²) in [6.45, 7) is 2.80. The van der Waals surface area contributed by atoms with Crippen LogP contribution in [-0.2, 0) is 11.3 Å². The number of halogens is 1. The van der Waals surface area contributed by atoms with E-state index in [1.54, 1.807) is 0 Å². The maximum atomic E-state index is 12.3. The van der Waals surface area contributed by atoms with Crippen molar-refractivity contribution >= 4 is 29.3 Å². The van der Waals surface area contributed by atoms with E-state index in [4.69, 9.17) is 11.6 Å². The van der Waals surface area contributed by atoms with E-state index in [2.05, 4.69) is 22.4 Å². The summed E-state index contributed by atoms with van der Waals surface area (Å²) in [6, 6.07) is 7.90. The van der Waals surface area contributed by atoms with Crippen LogP contribution in [0, 0.1) is 0 Å². The van der Waals surface area contributed by atoms with Gasteiger partial charge in [0.05, 0.1) is 5.75 Å². The van der Waals surface area contributed by atoms with Crippen molar-refractivity contribution in [3.05, 3.63) is 29.3 Å². The summed E-state index contributed by atoms with van der Waals surface area (Å²) in [5.41, 5.74) is 0.971. The third kappa shape index (κ3) is 5.01. The molecule has 1 amide bonds. The Balaban J connectivity index is 1.61. The zero-order valence-electron chi connectivity index (χ0n) is 15.1. The van der Waals surface area contributed by atoms with Crippen molar-refractivity contribution < 1.29 is 4.79 Å². The van der Waals surface area contributed by atoms with Crippen LogP contribution < -0.4 is 5.32 Å². The lowest BCUT2D eigenvalue weighted by molar-refractivity contribution is -0.119. The highest BCUT2D eigenvalue weighted by molar-refractivity contribution is 7.99. The van der Waals surface area contributed by atoms with Crippen molar-refractivity contribution in [3.8, 4) is 11.4 Å². The van der Waals surface area contributed by atoms with Crippen LogP contribution in [0.2, 0.25) is 5.02 Å². The molecule has 1 saturated carbocycles. The van der Waals surface area contributed by atoms with Gasteiger partial charge in [0.1, 0.15) is 0 Å². The molecular formula is C19H25ClN4OS. The Morgan fingerprint density at radius 3 is 2.54 bits per heavy atom. The highest BCUT2D eigenvalue weighted by atomic mass is 35.5. The van der Waals surface area contributed by atoms with Crippen molar-refractivity contribution in [2.75, 3.05) is 5.75 Å². The Hall–Kier alpha value is -1.53. The standard InChI is InChI=1S/C19H25ClN4OS/c1-2-24-18(14-9-11-15(20)12-10-14)22-23-19(24)26-13-17(25)21-16-7-5-3-4-6-8-16/h9-12,16H,2-8,13H2,1H3,(H,21,25). The zero-order chi connectivity index (χ0) is 18.4. The van der Waals surface area contributed by atoms with Crippen LogP contribution in [0.4, 0.5) is 0 Å². The minimum absolute atomic E-state index is 0.0839. The number of hydrogen-bond acceptors (Lipinski definition) is 4. The number of nitrogens with zero attached hydrogens (tertiary/aromatic N) is 3. The van der Waals surface area contributed by atoms with E-state index in [1.165, 1.54) is 37.4 Å². The monoisotopic (exact) mass is 392 g/mol. The van der Waals surface area contributed by atoms with Gasteiger partial charge in [-0.2, -0.15) is 0 Å². The van der Waals surface area contributed by atoms with Crippen molar-refractivity contribution in [3.63, 3.8) is 0 Å². The van der Waals surface area contributed by atoms with Crippen molar-refractivity contribution in [1.82, 2.24) is 20.1 Å². The molecule has 0 unspecified atom stereocenters. The fourth-order valence-electron chi connectivity index (χ4n) is 3.32. The molecule has 3 rings (SSSR count). The molecule has 1 heterocycles. The van der Waals surface area contributed by atoms with Gasteiger partial charge in [-0.1, -0.05) is 49.0 Å². The van der Waals surface area contributed by atoms with Gasteiger partial charge in [-0.3, -0.25) is 4.79 Å². The fourth-order valence-corrected chi connectivity index (χ4v) is 4.26. The number of hydrogen-bond donors (Lipinski definition) is 1. The number of thioether (sulfide) groups is 1. The van der Waals surface area contributed by atoms with Gasteiger partial charge in [-0.05, 0) is 44.0 Å². The topological polar surface area (TPSA) is 59.8 Å². The lowest BCUT2D eigenvalue weighted by Crippen LogP contribution is -2.35. The highest BCUT2D eigenvalue weighted by Crippen LogP contribution is 2.25. The van der Waals surface area contributed by atoms with E-state index in [0.717, 1.165) is 35.9 Å². The Labute approximate surface area is 163 Å². The lowest BCUT2D eigenvalue weighted by atomic mass is 10.1. The summed E-state index contributed by atoms with van der Waals surface area (Å²) in [4.78, 5) is 12.3. The number of benzene rings is 1. The highest BCUT2D eigenvalue weighted by Gasteiger charge is 2.17. The van der Waals surface area contributed by atoms with Crippen LogP contribution in [0.5, 0.6) is 0 Å². The zero-order valence-corrected chi connectivity index (χ0v) is 16.7. The molecule has 1 aliphatic carbocycles. The molecule has 0 saturated heterocycles. The average Bonchev–Trinajstić information content (AvgIpc) is 2.88. The smallest absolute Gasteiger partial charge is 0.230 e. The van der Waals surface area contributed by atoms with E-state index in [1.807, 2.05) is 28.8 Å². The molecule has 7 heteroatoms.